The van der Waals surface area contributed by atoms with Crippen LogP contribution in [0.1, 0.15) is 79.6 Å². The number of aromatic nitrogens is 5. The van der Waals surface area contributed by atoms with Gasteiger partial charge in [0.05, 0.1) is 34.0 Å². The number of halogens is 3. The van der Waals surface area contributed by atoms with Gasteiger partial charge >= 0.3 is 11.9 Å². The Kier molecular flexibility index (Phi) is 10.9. The van der Waals surface area contributed by atoms with Gasteiger partial charge in [-0.2, -0.15) is 18.3 Å². The Morgan fingerprint density at radius 2 is 1.74 bits per heavy atom. The summed E-state index contributed by atoms with van der Waals surface area (Å²) in [7, 11) is 3.97. The maximum Gasteiger partial charge on any atom is 0.433 e. The van der Waals surface area contributed by atoms with E-state index < -0.39 is 29.7 Å². The first kappa shape index (κ1) is 39.7. The van der Waals surface area contributed by atoms with Crippen molar-refractivity contribution in [1.29, 1.82) is 0 Å². The van der Waals surface area contributed by atoms with Gasteiger partial charge in [0.15, 0.2) is 0 Å². The van der Waals surface area contributed by atoms with Crippen molar-refractivity contribution >= 4 is 62.8 Å². The van der Waals surface area contributed by atoms with Crippen molar-refractivity contribution in [2.75, 3.05) is 43.2 Å². The molecule has 0 radical (unpaired) electrons. The Balaban J connectivity index is 0.866. The molecule has 2 aromatic carbocycles. The summed E-state index contributed by atoms with van der Waals surface area (Å²) in [5, 5.41) is 10.9. The zero-order valence-corrected chi connectivity index (χ0v) is 33.4. The van der Waals surface area contributed by atoms with E-state index in [1.165, 1.54) is 28.5 Å². The molecule has 5 heterocycles. The summed E-state index contributed by atoms with van der Waals surface area (Å²) in [6, 6.07) is 12.8. The van der Waals surface area contributed by atoms with E-state index >= 15 is 0 Å². The van der Waals surface area contributed by atoms with E-state index in [0.717, 1.165) is 91.2 Å². The summed E-state index contributed by atoms with van der Waals surface area (Å²) in [6.45, 7) is 2.70. The van der Waals surface area contributed by atoms with Gasteiger partial charge in [0.25, 0.3) is 5.91 Å². The van der Waals surface area contributed by atoms with Crippen LogP contribution in [-0.4, -0.2) is 85.5 Å². The molecule has 3 fully saturated rings. The topological polar surface area (TPSA) is 139 Å². The minimum atomic E-state index is -4.65. The first-order valence-corrected chi connectivity index (χ1v) is 20.9. The molecule has 58 heavy (non-hydrogen) atoms. The molecule has 0 spiro atoms. The number of carbonyl (C=O) groups is 3. The molecule has 1 aliphatic carbocycles. The number of carbonyl (C=O) groups excluding carboxylic acids is 3. The summed E-state index contributed by atoms with van der Waals surface area (Å²) in [4.78, 5) is 60.0. The van der Waals surface area contributed by atoms with Gasteiger partial charge in [-0.15, -0.1) is 11.8 Å². The molecule has 3 amide bonds. The van der Waals surface area contributed by atoms with Crippen LogP contribution in [0.5, 0.6) is 0 Å². The van der Waals surface area contributed by atoms with Gasteiger partial charge in [0.2, 0.25) is 11.8 Å². The monoisotopic (exact) mass is 817 g/mol. The molecule has 2 aliphatic heterocycles. The van der Waals surface area contributed by atoms with Crippen molar-refractivity contribution in [2.45, 2.75) is 80.6 Å². The number of aryl methyl sites for hydroxylation is 1. The smallest absolute Gasteiger partial charge is 0.370 e. The lowest BCUT2D eigenvalue weighted by molar-refractivity contribution is -0.141. The molecular formula is C41H46F3N9O4S. The average molecular weight is 818 g/mol. The second-order valence-corrected chi connectivity index (χ2v) is 16.6. The van der Waals surface area contributed by atoms with E-state index in [2.05, 4.69) is 32.5 Å². The highest BCUT2D eigenvalue weighted by Gasteiger charge is 2.35. The van der Waals surface area contributed by atoms with Gasteiger partial charge < -0.3 is 15.1 Å². The number of nitrogens with one attached hydrogen (secondary N) is 2. The first-order chi connectivity index (χ1) is 27.8. The normalized spacial score (nSPS) is 20.9. The molecule has 1 unspecified atom stereocenters. The Labute approximate surface area is 336 Å². The molecule has 8 rings (SSSR count). The Hall–Kier alpha value is -5.16. The fraction of sp³-hybridized carbons (Fsp3) is 0.463. The van der Waals surface area contributed by atoms with Gasteiger partial charge in [-0.3, -0.25) is 33.5 Å². The summed E-state index contributed by atoms with van der Waals surface area (Å²) < 4.78 is 44.8. The number of nitrogens with zero attached hydrogens (tertiary/aromatic N) is 7. The number of para-hydroxylation sites is 1. The number of piperidine rings is 2. The third kappa shape index (κ3) is 7.73. The summed E-state index contributed by atoms with van der Waals surface area (Å²) in [5.74, 6) is -0.901. The molecule has 1 saturated carbocycles. The molecule has 3 aliphatic rings. The minimum absolute atomic E-state index is 0.200. The van der Waals surface area contributed by atoms with Crippen molar-refractivity contribution in [3.63, 3.8) is 0 Å². The molecule has 0 bridgehead atoms. The molecule has 2 saturated heterocycles. The number of hydrogen-bond acceptors (Lipinski definition) is 9. The lowest BCUT2D eigenvalue weighted by atomic mass is 9.85. The SMILES string of the molecule is CSc1cc2nn(C3CCC(CN(C)C4CCN(c5cccc6c5n(C)c(=O)n6C5CCC(=O)NC5=O)CC4)CC3)cc2cc1NC(=O)c1cccc(C(F)(F)F)n1. The molecule has 1 atom stereocenters. The van der Waals surface area contributed by atoms with Crippen LogP contribution >= 0.6 is 11.8 Å². The quantitative estimate of drug-likeness (QED) is 0.128. The van der Waals surface area contributed by atoms with Crippen LogP contribution in [0, 0.1) is 5.92 Å². The molecule has 2 N–H and O–H groups in total. The van der Waals surface area contributed by atoms with Gasteiger partial charge in [0.1, 0.15) is 17.4 Å². The highest BCUT2D eigenvalue weighted by molar-refractivity contribution is 7.98. The van der Waals surface area contributed by atoms with Crippen LogP contribution in [0.2, 0.25) is 0 Å². The van der Waals surface area contributed by atoms with Crippen LogP contribution in [-0.2, 0) is 22.8 Å². The molecular weight excluding hydrogens is 772 g/mol. The summed E-state index contributed by atoms with van der Waals surface area (Å²) >= 11 is 1.42. The van der Waals surface area contributed by atoms with Crippen molar-refractivity contribution in [3.8, 4) is 0 Å². The first-order valence-electron chi connectivity index (χ1n) is 19.7. The Bertz CT molecular complexity index is 2440. The number of benzene rings is 2. The van der Waals surface area contributed by atoms with E-state index in [0.29, 0.717) is 29.6 Å². The Morgan fingerprint density at radius 1 is 1.00 bits per heavy atom. The average Bonchev–Trinajstić information content (AvgIpc) is 3.74. The largest absolute Gasteiger partial charge is 0.433 e. The maximum atomic E-state index is 13.5. The van der Waals surface area contributed by atoms with Crippen LogP contribution in [0.25, 0.3) is 21.9 Å². The van der Waals surface area contributed by atoms with Crippen molar-refractivity contribution in [1.82, 2.24) is 34.1 Å². The van der Waals surface area contributed by atoms with Gasteiger partial charge in [-0.05, 0) is 101 Å². The van der Waals surface area contributed by atoms with Crippen molar-refractivity contribution in [3.05, 3.63) is 76.6 Å². The number of imidazole rings is 1. The van der Waals surface area contributed by atoms with Crippen LogP contribution in [0.3, 0.4) is 0 Å². The van der Waals surface area contributed by atoms with Gasteiger partial charge in [-0.25, -0.2) is 9.78 Å². The number of hydrogen-bond donors (Lipinski definition) is 2. The standard InChI is InChI=1S/C41H46F3N9O4S/c1-49(26-16-18-51(19-17-26)31-7-5-8-32-37(31)50(2)40(57)53(32)33-14-15-36(54)47-39(33)56)22-24-10-12-27(13-11-24)52-23-25-20-30(34(58-3)21-29(25)48-52)46-38(55)28-6-4-9-35(45-28)41(42,43)44/h4-9,20-21,23-24,26-27,33H,10-19,22H2,1-3H3,(H,46,55)(H,47,54,56). The second-order valence-electron chi connectivity index (χ2n) is 15.7. The highest BCUT2D eigenvalue weighted by atomic mass is 32.2. The molecule has 13 nitrogen and oxygen atoms in total. The van der Waals surface area contributed by atoms with E-state index in [1.54, 1.807) is 11.6 Å². The number of thioether (sulfide) groups is 1. The molecule has 306 valence electrons. The van der Waals surface area contributed by atoms with E-state index in [9.17, 15) is 32.3 Å². The summed E-state index contributed by atoms with van der Waals surface area (Å²) in [6.07, 6.45) is 5.82. The van der Waals surface area contributed by atoms with Gasteiger partial charge in [0, 0.05) is 55.6 Å². The number of anilines is 2. The maximum absolute atomic E-state index is 13.5. The minimum Gasteiger partial charge on any atom is -0.370 e. The lowest BCUT2D eigenvalue weighted by Crippen LogP contribution is -2.45. The molecule has 5 aromatic rings. The fourth-order valence-electron chi connectivity index (χ4n) is 9.03. The van der Waals surface area contributed by atoms with E-state index in [1.807, 2.05) is 47.5 Å². The molecule has 17 heteroatoms. The number of amides is 3. The predicted octanol–water partition coefficient (Wildman–Crippen LogP) is 6.39. The lowest BCUT2D eigenvalue weighted by Gasteiger charge is -2.40. The number of fused-ring (bicyclic) bond motifs is 2. The van der Waals surface area contributed by atoms with E-state index in [-0.39, 0.29) is 29.8 Å². The number of alkyl halides is 3. The third-order valence-electron chi connectivity index (χ3n) is 12.1. The zero-order chi connectivity index (χ0) is 40.9. The van der Waals surface area contributed by atoms with Gasteiger partial charge in [-0.1, -0.05) is 12.1 Å². The number of rotatable bonds is 9. The Morgan fingerprint density at radius 3 is 2.45 bits per heavy atom. The van der Waals surface area contributed by atoms with Crippen LogP contribution < -0.4 is 21.2 Å². The molecule has 3 aromatic heterocycles. The predicted molar refractivity (Wildman–Crippen MR) is 216 cm³/mol. The van der Waals surface area contributed by atoms with Crippen LogP contribution in [0.15, 0.2) is 64.4 Å². The highest BCUT2D eigenvalue weighted by Crippen LogP contribution is 2.37. The van der Waals surface area contributed by atoms with E-state index in [4.69, 9.17) is 5.10 Å². The fourth-order valence-corrected chi connectivity index (χ4v) is 9.59. The number of imide groups is 1. The van der Waals surface area contributed by atoms with Crippen molar-refractivity contribution < 1.29 is 27.6 Å². The second kappa shape index (κ2) is 15.9. The summed E-state index contributed by atoms with van der Waals surface area (Å²) in [5.41, 5.74) is 2.07. The zero-order valence-electron chi connectivity index (χ0n) is 32.6. The van der Waals surface area contributed by atoms with Crippen LogP contribution in [0.4, 0.5) is 24.5 Å². The third-order valence-corrected chi connectivity index (χ3v) is 12.9. The van der Waals surface area contributed by atoms with Crippen molar-refractivity contribution in [2.24, 2.45) is 13.0 Å². The number of pyridine rings is 1.